The first kappa shape index (κ1) is 14.2. The van der Waals surface area contributed by atoms with Gasteiger partial charge in [0.2, 0.25) is 0 Å². The van der Waals surface area contributed by atoms with Crippen molar-refractivity contribution in [1.82, 2.24) is 0 Å². The second-order valence-corrected chi connectivity index (χ2v) is 6.95. The van der Waals surface area contributed by atoms with Crippen molar-refractivity contribution in [1.29, 1.82) is 0 Å². The zero-order chi connectivity index (χ0) is 14.1. The van der Waals surface area contributed by atoms with Gasteiger partial charge in [-0.1, -0.05) is 36.9 Å². The molecule has 1 aliphatic carbocycles. The highest BCUT2D eigenvalue weighted by Crippen LogP contribution is 2.39. The van der Waals surface area contributed by atoms with Crippen molar-refractivity contribution in [3.05, 3.63) is 28.8 Å². The minimum atomic E-state index is 0.0469. The summed E-state index contributed by atoms with van der Waals surface area (Å²) in [7, 11) is 0. The average Bonchev–Trinajstić information content (AvgIpc) is 2.46. The van der Waals surface area contributed by atoms with Crippen LogP contribution in [0.25, 0.3) is 0 Å². The predicted octanol–water partition coefficient (Wildman–Crippen LogP) is 4.38. The molecule has 1 saturated carbocycles. The molecule has 0 amide bonds. The van der Waals surface area contributed by atoms with Gasteiger partial charge in [-0.05, 0) is 49.3 Å². The zero-order valence-electron chi connectivity index (χ0n) is 12.3. The number of halogens is 1. The summed E-state index contributed by atoms with van der Waals surface area (Å²) in [6, 6.07) is 6.36. The molecule has 3 atom stereocenters. The van der Waals surface area contributed by atoms with Crippen LogP contribution in [0.15, 0.2) is 18.2 Å². The fourth-order valence-corrected chi connectivity index (χ4v) is 4.19. The third-order valence-electron chi connectivity index (χ3n) is 5.13. The molecule has 1 aliphatic heterocycles. The Kier molecular flexibility index (Phi) is 4.23. The molecule has 1 aromatic carbocycles. The van der Waals surface area contributed by atoms with Crippen molar-refractivity contribution < 1.29 is 0 Å². The van der Waals surface area contributed by atoms with Crippen molar-refractivity contribution >= 4 is 17.3 Å². The third-order valence-corrected chi connectivity index (χ3v) is 5.43. The van der Waals surface area contributed by atoms with Crippen LogP contribution >= 0.6 is 11.6 Å². The smallest absolute Gasteiger partial charge is 0.0642 e. The Morgan fingerprint density at radius 2 is 1.95 bits per heavy atom. The van der Waals surface area contributed by atoms with Crippen LogP contribution in [0.1, 0.15) is 50.6 Å². The lowest BCUT2D eigenvalue weighted by molar-refractivity contribution is 0.202. The van der Waals surface area contributed by atoms with Gasteiger partial charge in [-0.15, -0.1) is 0 Å². The predicted molar refractivity (Wildman–Crippen MR) is 86.3 cm³/mol. The highest BCUT2D eigenvalue weighted by atomic mass is 35.5. The van der Waals surface area contributed by atoms with Crippen LogP contribution in [0.4, 0.5) is 5.69 Å². The molecule has 0 radical (unpaired) electrons. The van der Waals surface area contributed by atoms with Crippen molar-refractivity contribution in [3.63, 3.8) is 0 Å². The summed E-state index contributed by atoms with van der Waals surface area (Å²) in [6.45, 7) is 4.33. The van der Waals surface area contributed by atoms with Gasteiger partial charge in [0, 0.05) is 19.1 Å². The van der Waals surface area contributed by atoms with Crippen LogP contribution in [0.5, 0.6) is 0 Å². The summed E-state index contributed by atoms with van der Waals surface area (Å²) in [4.78, 5) is 2.49. The minimum absolute atomic E-state index is 0.0469. The number of fused-ring (bicyclic) bond motifs is 1. The summed E-state index contributed by atoms with van der Waals surface area (Å²) >= 11 is 6.48. The monoisotopic (exact) mass is 292 g/mol. The fourth-order valence-electron chi connectivity index (χ4n) is 3.88. The van der Waals surface area contributed by atoms with E-state index in [0.717, 1.165) is 29.0 Å². The maximum absolute atomic E-state index is 6.48. The van der Waals surface area contributed by atoms with E-state index in [-0.39, 0.29) is 6.04 Å². The SMILES string of the molecule is C[C@H](N)c1ccc(N2CCC3CCCCC3C2)c(Cl)c1. The van der Waals surface area contributed by atoms with E-state index in [1.807, 2.05) is 13.0 Å². The molecule has 0 bridgehead atoms. The number of anilines is 1. The van der Waals surface area contributed by atoms with Gasteiger partial charge in [-0.3, -0.25) is 0 Å². The first-order valence-corrected chi connectivity index (χ1v) is 8.33. The van der Waals surface area contributed by atoms with Crippen molar-refractivity contribution in [2.75, 3.05) is 18.0 Å². The van der Waals surface area contributed by atoms with E-state index < -0.39 is 0 Å². The van der Waals surface area contributed by atoms with Crippen molar-refractivity contribution in [2.45, 2.75) is 45.1 Å². The van der Waals surface area contributed by atoms with Gasteiger partial charge >= 0.3 is 0 Å². The van der Waals surface area contributed by atoms with Crippen LogP contribution in [-0.2, 0) is 0 Å². The maximum atomic E-state index is 6.48. The van der Waals surface area contributed by atoms with Crippen LogP contribution in [0.3, 0.4) is 0 Å². The molecular formula is C17H25ClN2. The number of hydrogen-bond donors (Lipinski definition) is 1. The maximum Gasteiger partial charge on any atom is 0.0642 e. The van der Waals surface area contributed by atoms with E-state index >= 15 is 0 Å². The molecule has 1 aromatic rings. The van der Waals surface area contributed by atoms with E-state index in [4.69, 9.17) is 17.3 Å². The van der Waals surface area contributed by atoms with Crippen LogP contribution < -0.4 is 10.6 Å². The molecule has 1 saturated heterocycles. The zero-order valence-corrected chi connectivity index (χ0v) is 13.1. The highest BCUT2D eigenvalue weighted by molar-refractivity contribution is 6.33. The lowest BCUT2D eigenvalue weighted by Gasteiger charge is -2.42. The highest BCUT2D eigenvalue weighted by Gasteiger charge is 2.31. The van der Waals surface area contributed by atoms with Crippen molar-refractivity contribution in [3.8, 4) is 0 Å². The van der Waals surface area contributed by atoms with Gasteiger partial charge in [0.05, 0.1) is 10.7 Å². The lowest BCUT2D eigenvalue weighted by atomic mass is 9.75. The Morgan fingerprint density at radius 1 is 1.20 bits per heavy atom. The molecule has 2 aliphatic rings. The number of nitrogens with zero attached hydrogens (tertiary/aromatic N) is 1. The summed E-state index contributed by atoms with van der Waals surface area (Å²) in [5.74, 6) is 1.84. The normalized spacial score (nSPS) is 28.1. The van der Waals surface area contributed by atoms with Crippen LogP contribution in [0.2, 0.25) is 5.02 Å². The average molecular weight is 293 g/mol. The molecule has 3 rings (SSSR count). The van der Waals surface area contributed by atoms with E-state index in [1.165, 1.54) is 44.3 Å². The Bertz CT molecular complexity index is 472. The van der Waals surface area contributed by atoms with Gasteiger partial charge in [-0.25, -0.2) is 0 Å². The van der Waals surface area contributed by atoms with E-state index in [2.05, 4.69) is 17.0 Å². The van der Waals surface area contributed by atoms with Gasteiger partial charge in [0.25, 0.3) is 0 Å². The van der Waals surface area contributed by atoms with E-state index in [0.29, 0.717) is 0 Å². The van der Waals surface area contributed by atoms with Gasteiger partial charge in [0.15, 0.2) is 0 Å². The number of rotatable bonds is 2. The molecule has 0 aromatic heterocycles. The Labute approximate surface area is 127 Å². The molecule has 20 heavy (non-hydrogen) atoms. The van der Waals surface area contributed by atoms with Crippen LogP contribution in [0, 0.1) is 11.8 Å². The molecule has 3 heteroatoms. The topological polar surface area (TPSA) is 29.3 Å². The first-order valence-electron chi connectivity index (χ1n) is 7.95. The molecule has 2 fully saturated rings. The molecule has 2 nitrogen and oxygen atoms in total. The van der Waals surface area contributed by atoms with E-state index in [9.17, 15) is 0 Å². The largest absolute Gasteiger partial charge is 0.370 e. The Balaban J connectivity index is 1.76. The first-order chi connectivity index (χ1) is 9.65. The quantitative estimate of drug-likeness (QED) is 0.877. The second kappa shape index (κ2) is 5.95. The number of nitrogens with two attached hydrogens (primary N) is 1. The molecule has 0 spiro atoms. The lowest BCUT2D eigenvalue weighted by Crippen LogP contribution is -2.41. The molecule has 2 unspecified atom stereocenters. The van der Waals surface area contributed by atoms with Crippen LogP contribution in [-0.4, -0.2) is 13.1 Å². The van der Waals surface area contributed by atoms with Gasteiger partial charge in [0.1, 0.15) is 0 Å². The van der Waals surface area contributed by atoms with E-state index in [1.54, 1.807) is 0 Å². The minimum Gasteiger partial charge on any atom is -0.370 e. The summed E-state index contributed by atoms with van der Waals surface area (Å²) < 4.78 is 0. The number of hydrogen-bond acceptors (Lipinski definition) is 2. The second-order valence-electron chi connectivity index (χ2n) is 6.54. The molecule has 110 valence electrons. The molecule has 2 N–H and O–H groups in total. The summed E-state index contributed by atoms with van der Waals surface area (Å²) in [5.41, 5.74) is 8.24. The molecule has 1 heterocycles. The summed E-state index contributed by atoms with van der Waals surface area (Å²) in [5, 5.41) is 0.856. The number of piperidine rings is 1. The van der Waals surface area contributed by atoms with Crippen molar-refractivity contribution in [2.24, 2.45) is 17.6 Å². The Morgan fingerprint density at radius 3 is 2.65 bits per heavy atom. The number of benzene rings is 1. The summed E-state index contributed by atoms with van der Waals surface area (Å²) in [6.07, 6.45) is 7.01. The van der Waals surface area contributed by atoms with Gasteiger partial charge in [-0.2, -0.15) is 0 Å². The third kappa shape index (κ3) is 2.82. The van der Waals surface area contributed by atoms with Gasteiger partial charge < -0.3 is 10.6 Å². The Hall–Kier alpha value is -0.730. The standard InChI is InChI=1S/C17H25ClN2/c1-12(19)14-6-7-17(16(18)10-14)20-9-8-13-4-2-3-5-15(13)11-20/h6-7,10,12-13,15H,2-5,8-9,11,19H2,1H3/t12-,13?,15?/m0/s1. The fraction of sp³-hybridized carbons (Fsp3) is 0.647. The molecular weight excluding hydrogens is 268 g/mol.